The van der Waals surface area contributed by atoms with Crippen molar-refractivity contribution in [1.82, 2.24) is 15.1 Å². The number of amides is 1. The number of hydrogen-bond acceptors (Lipinski definition) is 2. The van der Waals surface area contributed by atoms with Gasteiger partial charge in [0.05, 0.1) is 16.4 Å². The molecule has 2 aromatic carbocycles. The van der Waals surface area contributed by atoms with E-state index in [9.17, 15) is 4.79 Å². The Morgan fingerprint density at radius 2 is 1.75 bits per heavy atom. The molecule has 146 valence electrons. The summed E-state index contributed by atoms with van der Waals surface area (Å²) in [5.74, 6) is -0.222. The van der Waals surface area contributed by atoms with Crippen LogP contribution in [0.5, 0.6) is 0 Å². The summed E-state index contributed by atoms with van der Waals surface area (Å²) >= 11 is 14.8. The highest BCUT2D eigenvalue weighted by atomic mass is 127. The summed E-state index contributed by atoms with van der Waals surface area (Å²) in [6, 6.07) is 13.2. The van der Waals surface area contributed by atoms with Crippen LogP contribution in [-0.4, -0.2) is 21.2 Å². The highest BCUT2D eigenvalue weighted by Crippen LogP contribution is 2.32. The molecule has 0 aliphatic heterocycles. The first-order chi connectivity index (χ1) is 13.1. The van der Waals surface area contributed by atoms with Crippen LogP contribution < -0.4 is 5.32 Å². The van der Waals surface area contributed by atoms with Gasteiger partial charge >= 0.3 is 0 Å². The predicted molar refractivity (Wildman–Crippen MR) is 124 cm³/mol. The Hall–Kier alpha value is -1.57. The molecule has 1 aromatic heterocycles. The number of benzene rings is 2. The molecule has 0 unspecified atom stereocenters. The van der Waals surface area contributed by atoms with Crippen molar-refractivity contribution >= 4 is 51.7 Å². The van der Waals surface area contributed by atoms with E-state index in [1.165, 1.54) is 0 Å². The lowest BCUT2D eigenvalue weighted by Gasteiger charge is -2.19. The fourth-order valence-electron chi connectivity index (χ4n) is 2.89. The van der Waals surface area contributed by atoms with Crippen molar-refractivity contribution in [2.24, 2.45) is 0 Å². The molecule has 7 heteroatoms. The molecule has 0 radical (unpaired) electrons. The monoisotopic (exact) mass is 527 g/mol. The maximum absolute atomic E-state index is 12.9. The third-order valence-electron chi connectivity index (χ3n) is 4.08. The molecule has 1 heterocycles. The zero-order valence-electron chi connectivity index (χ0n) is 16.0. The topological polar surface area (TPSA) is 46.9 Å². The number of nitrogens with zero attached hydrogens (tertiary/aromatic N) is 2. The van der Waals surface area contributed by atoms with Crippen molar-refractivity contribution in [2.45, 2.75) is 33.2 Å². The van der Waals surface area contributed by atoms with Crippen molar-refractivity contribution in [3.63, 3.8) is 0 Å². The minimum Gasteiger partial charge on any atom is -0.346 e. The van der Waals surface area contributed by atoms with Crippen LogP contribution in [0.15, 0.2) is 42.5 Å². The Morgan fingerprint density at radius 3 is 2.32 bits per heavy atom. The van der Waals surface area contributed by atoms with Crippen LogP contribution >= 0.6 is 45.8 Å². The first-order valence-corrected chi connectivity index (χ1v) is 10.5. The third-order valence-corrected chi connectivity index (χ3v) is 5.31. The average Bonchev–Trinajstić information content (AvgIpc) is 2.91. The van der Waals surface area contributed by atoms with Gasteiger partial charge in [0.1, 0.15) is 0 Å². The molecule has 1 amide bonds. The molecule has 4 nitrogen and oxygen atoms in total. The van der Waals surface area contributed by atoms with E-state index in [1.807, 2.05) is 70.2 Å². The van der Waals surface area contributed by atoms with Crippen LogP contribution in [-0.2, 0) is 0 Å². The number of halogens is 3. The zero-order chi connectivity index (χ0) is 20.6. The van der Waals surface area contributed by atoms with E-state index in [0.29, 0.717) is 21.4 Å². The van der Waals surface area contributed by atoms with Crippen LogP contribution in [0.2, 0.25) is 10.0 Å². The number of nitrogens with one attached hydrogen (secondary N) is 1. The molecule has 0 bridgehead atoms. The van der Waals surface area contributed by atoms with Crippen LogP contribution in [0.3, 0.4) is 0 Å². The lowest BCUT2D eigenvalue weighted by atomic mass is 10.0. The molecule has 0 aliphatic carbocycles. The second-order valence-corrected chi connectivity index (χ2v) is 9.63. The molecule has 0 aliphatic rings. The van der Waals surface area contributed by atoms with Gasteiger partial charge in [-0.2, -0.15) is 5.10 Å². The van der Waals surface area contributed by atoms with Gasteiger partial charge in [0.2, 0.25) is 0 Å². The quantitative estimate of drug-likeness (QED) is 0.407. The van der Waals surface area contributed by atoms with Crippen molar-refractivity contribution in [3.05, 3.63) is 67.3 Å². The molecular weight excluding hydrogens is 508 g/mol. The van der Waals surface area contributed by atoms with Gasteiger partial charge in [0.25, 0.3) is 5.91 Å². The standard InChI is InChI=1S/C21H20Cl2IN3O/c1-12-18(20(28)25-21(2,3)4)26-27(17-10-9-15(24)11-16(17)23)19(12)13-5-7-14(22)8-6-13/h5-11H,1-4H3,(H,25,28). The van der Waals surface area contributed by atoms with Crippen LogP contribution in [0.1, 0.15) is 36.8 Å². The summed E-state index contributed by atoms with van der Waals surface area (Å²) in [5, 5.41) is 8.83. The third kappa shape index (κ3) is 4.53. The largest absolute Gasteiger partial charge is 0.346 e. The molecule has 3 rings (SSSR count). The van der Waals surface area contributed by atoms with Crippen molar-refractivity contribution < 1.29 is 4.79 Å². The molecular formula is C21H20Cl2IN3O. The van der Waals surface area contributed by atoms with Crippen molar-refractivity contribution in [1.29, 1.82) is 0 Å². The summed E-state index contributed by atoms with van der Waals surface area (Å²) in [6.45, 7) is 7.71. The van der Waals surface area contributed by atoms with Crippen molar-refractivity contribution in [2.75, 3.05) is 0 Å². The summed E-state index contributed by atoms with van der Waals surface area (Å²) in [6.07, 6.45) is 0. The van der Waals surface area contributed by atoms with Gasteiger partial charge in [-0.25, -0.2) is 4.68 Å². The Kier molecular flexibility index (Phi) is 6.08. The molecule has 1 N–H and O–H groups in total. The van der Waals surface area contributed by atoms with E-state index in [1.54, 1.807) is 4.68 Å². The van der Waals surface area contributed by atoms with Gasteiger partial charge in [-0.15, -0.1) is 0 Å². The van der Waals surface area contributed by atoms with Gasteiger partial charge in [-0.05, 0) is 80.6 Å². The lowest BCUT2D eigenvalue weighted by molar-refractivity contribution is 0.0913. The van der Waals surface area contributed by atoms with E-state index < -0.39 is 0 Å². The van der Waals surface area contributed by atoms with Gasteiger partial charge in [-0.1, -0.05) is 35.3 Å². The number of rotatable bonds is 3. The first-order valence-electron chi connectivity index (χ1n) is 8.70. The minimum absolute atomic E-state index is 0.222. The van der Waals surface area contributed by atoms with E-state index >= 15 is 0 Å². The van der Waals surface area contributed by atoms with Gasteiger partial charge < -0.3 is 5.32 Å². The number of carbonyl (C=O) groups excluding carboxylic acids is 1. The van der Waals surface area contributed by atoms with E-state index in [4.69, 9.17) is 23.2 Å². The van der Waals surface area contributed by atoms with E-state index in [-0.39, 0.29) is 11.4 Å². The Bertz CT molecular complexity index is 1040. The van der Waals surface area contributed by atoms with Crippen molar-refractivity contribution in [3.8, 4) is 16.9 Å². The molecule has 0 saturated heterocycles. The molecule has 0 fully saturated rings. The molecule has 28 heavy (non-hydrogen) atoms. The lowest BCUT2D eigenvalue weighted by Crippen LogP contribution is -2.41. The normalized spacial score (nSPS) is 11.5. The first kappa shape index (κ1) is 21.1. The van der Waals surface area contributed by atoms with E-state index in [0.717, 1.165) is 20.4 Å². The second-order valence-electron chi connectivity index (χ2n) is 7.54. The minimum atomic E-state index is -0.367. The van der Waals surface area contributed by atoms with E-state index in [2.05, 4.69) is 33.0 Å². The second kappa shape index (κ2) is 8.05. The number of aromatic nitrogens is 2. The van der Waals surface area contributed by atoms with Gasteiger partial charge in [0.15, 0.2) is 5.69 Å². The molecule has 0 saturated carbocycles. The Morgan fingerprint density at radius 1 is 1.11 bits per heavy atom. The molecule has 3 aromatic rings. The molecule has 0 spiro atoms. The SMILES string of the molecule is Cc1c(C(=O)NC(C)(C)C)nn(-c2ccc(I)cc2Cl)c1-c1ccc(Cl)cc1. The molecule has 0 atom stereocenters. The number of hydrogen-bond donors (Lipinski definition) is 1. The van der Waals surface area contributed by atoms with Gasteiger partial charge in [-0.3, -0.25) is 4.79 Å². The highest BCUT2D eigenvalue weighted by molar-refractivity contribution is 14.1. The maximum Gasteiger partial charge on any atom is 0.272 e. The summed E-state index contributed by atoms with van der Waals surface area (Å²) in [4.78, 5) is 12.9. The average molecular weight is 528 g/mol. The smallest absolute Gasteiger partial charge is 0.272 e. The fourth-order valence-corrected chi connectivity index (χ4v) is 3.95. The Balaban J connectivity index is 2.23. The Labute approximate surface area is 188 Å². The number of carbonyl (C=O) groups is 1. The van der Waals surface area contributed by atoms with Crippen LogP contribution in [0, 0.1) is 10.5 Å². The summed E-state index contributed by atoms with van der Waals surface area (Å²) in [5.41, 5.74) is 3.20. The zero-order valence-corrected chi connectivity index (χ0v) is 19.6. The van der Waals surface area contributed by atoms with Crippen LogP contribution in [0.25, 0.3) is 16.9 Å². The highest BCUT2D eigenvalue weighted by Gasteiger charge is 2.25. The maximum atomic E-state index is 12.9. The predicted octanol–water partition coefficient (Wildman–Crippen LogP) is 6.29. The summed E-state index contributed by atoms with van der Waals surface area (Å²) < 4.78 is 2.75. The van der Waals surface area contributed by atoms with Gasteiger partial charge in [0, 0.05) is 25.3 Å². The summed E-state index contributed by atoms with van der Waals surface area (Å²) in [7, 11) is 0. The fraction of sp³-hybridized carbons (Fsp3) is 0.238. The van der Waals surface area contributed by atoms with Crippen LogP contribution in [0.4, 0.5) is 0 Å².